The highest BCUT2D eigenvalue weighted by atomic mass is 35.5. The molecule has 1 saturated heterocycles. The molecule has 6 nitrogen and oxygen atoms in total. The van der Waals surface area contributed by atoms with Gasteiger partial charge in [-0.15, -0.1) is 0 Å². The zero-order valence-electron chi connectivity index (χ0n) is 11.0. The second-order valence-electron chi connectivity index (χ2n) is 4.76. The number of carbonyl (C=O) groups excluding carboxylic acids is 1. The predicted molar refractivity (Wildman–Crippen MR) is 83.4 cm³/mol. The van der Waals surface area contributed by atoms with Gasteiger partial charge >= 0.3 is 0 Å². The molecule has 1 aromatic rings. The Bertz CT molecular complexity index is 706. The molecule has 4 N–H and O–H groups in total. The molecule has 0 bridgehead atoms. The number of carbonyl (C=O) groups is 1. The number of nitrogens with two attached hydrogens (primary N) is 2. The maximum absolute atomic E-state index is 12.6. The fourth-order valence-corrected chi connectivity index (χ4v) is 4.30. The van der Waals surface area contributed by atoms with E-state index < -0.39 is 21.8 Å². The molecule has 1 heterocycles. The lowest BCUT2D eigenvalue weighted by Crippen LogP contribution is -2.32. The highest BCUT2D eigenvalue weighted by molar-refractivity contribution is 7.89. The summed E-state index contributed by atoms with van der Waals surface area (Å²) in [6.07, 6.45) is 0.404. The number of hydrogen-bond acceptors (Lipinski definition) is 4. The Morgan fingerprint density at radius 2 is 2.05 bits per heavy atom. The lowest BCUT2D eigenvalue weighted by Gasteiger charge is -2.17. The number of halogens is 1. The van der Waals surface area contributed by atoms with Crippen molar-refractivity contribution in [3.05, 3.63) is 28.8 Å². The number of benzene rings is 1. The monoisotopic (exact) mass is 347 g/mol. The average molecular weight is 348 g/mol. The maximum atomic E-state index is 12.6. The Morgan fingerprint density at radius 3 is 2.57 bits per heavy atom. The number of hydrogen-bond donors (Lipinski definition) is 2. The zero-order chi connectivity index (χ0) is 15.8. The molecule has 0 radical (unpaired) electrons. The number of primary amides is 1. The van der Waals surface area contributed by atoms with E-state index in [1.807, 2.05) is 0 Å². The van der Waals surface area contributed by atoms with E-state index in [4.69, 9.17) is 35.3 Å². The van der Waals surface area contributed by atoms with Gasteiger partial charge < -0.3 is 11.5 Å². The minimum Gasteiger partial charge on any atom is -0.389 e. The summed E-state index contributed by atoms with van der Waals surface area (Å²) in [6.45, 7) is 0.287. The van der Waals surface area contributed by atoms with Gasteiger partial charge in [-0.05, 0) is 18.6 Å². The first kappa shape index (κ1) is 16.2. The second kappa shape index (κ2) is 5.88. The van der Waals surface area contributed by atoms with Crippen molar-refractivity contribution in [3.8, 4) is 0 Å². The van der Waals surface area contributed by atoms with Crippen LogP contribution in [0, 0.1) is 5.92 Å². The number of nitrogens with zero attached hydrogens (tertiary/aromatic N) is 1. The van der Waals surface area contributed by atoms with Gasteiger partial charge in [-0.2, -0.15) is 4.31 Å². The highest BCUT2D eigenvalue weighted by Crippen LogP contribution is 2.29. The summed E-state index contributed by atoms with van der Waals surface area (Å²) in [7, 11) is -3.81. The Morgan fingerprint density at radius 1 is 1.38 bits per heavy atom. The fraction of sp³-hybridized carbons (Fsp3) is 0.333. The van der Waals surface area contributed by atoms with Gasteiger partial charge in [-0.1, -0.05) is 29.9 Å². The van der Waals surface area contributed by atoms with Crippen molar-refractivity contribution in [2.24, 2.45) is 17.4 Å². The number of sulfonamides is 1. The highest BCUT2D eigenvalue weighted by Gasteiger charge is 2.36. The van der Waals surface area contributed by atoms with E-state index in [-0.39, 0.29) is 28.0 Å². The van der Waals surface area contributed by atoms with Gasteiger partial charge in [0.15, 0.2) is 0 Å². The molecule has 21 heavy (non-hydrogen) atoms. The van der Waals surface area contributed by atoms with E-state index in [2.05, 4.69) is 0 Å². The molecule has 2 rings (SSSR count). The number of thiocarbonyl (C=S) groups is 1. The minimum atomic E-state index is -3.81. The summed E-state index contributed by atoms with van der Waals surface area (Å²) >= 11 is 10.8. The summed E-state index contributed by atoms with van der Waals surface area (Å²) in [5, 5.41) is 0.0810. The van der Waals surface area contributed by atoms with Crippen LogP contribution in [0.4, 0.5) is 0 Å². The molecular formula is C12H14ClN3O3S2. The van der Waals surface area contributed by atoms with Gasteiger partial charge in [0.2, 0.25) is 15.9 Å². The number of rotatable bonds is 4. The Balaban J connectivity index is 2.39. The Hall–Kier alpha value is -1.22. The second-order valence-corrected chi connectivity index (χ2v) is 7.51. The standard InChI is InChI=1S/C12H14ClN3O3S2/c13-9-2-1-7(12(15)20)5-10(9)21(18,19)16-4-3-8(6-16)11(14)17/h1-2,5,8H,3-4,6H2,(H2,14,17)(H2,15,20). The molecule has 0 aliphatic carbocycles. The van der Waals surface area contributed by atoms with Crippen molar-refractivity contribution in [2.45, 2.75) is 11.3 Å². The Kier molecular flexibility index (Phi) is 4.52. The molecule has 0 spiro atoms. The van der Waals surface area contributed by atoms with E-state index in [1.165, 1.54) is 16.4 Å². The van der Waals surface area contributed by atoms with E-state index in [9.17, 15) is 13.2 Å². The molecule has 1 aliphatic heterocycles. The largest absolute Gasteiger partial charge is 0.389 e. The van der Waals surface area contributed by atoms with Crippen LogP contribution in [0.3, 0.4) is 0 Å². The molecule has 114 valence electrons. The van der Waals surface area contributed by atoms with Gasteiger partial charge in [0.25, 0.3) is 0 Å². The molecule has 1 amide bonds. The van der Waals surface area contributed by atoms with Gasteiger partial charge in [-0.3, -0.25) is 4.79 Å². The summed E-state index contributed by atoms with van der Waals surface area (Å²) < 4.78 is 26.4. The van der Waals surface area contributed by atoms with Crippen molar-refractivity contribution in [1.29, 1.82) is 0 Å². The van der Waals surface area contributed by atoms with Crippen LogP contribution in [-0.2, 0) is 14.8 Å². The van der Waals surface area contributed by atoms with Crippen molar-refractivity contribution >= 4 is 44.7 Å². The van der Waals surface area contributed by atoms with Gasteiger partial charge in [0.05, 0.1) is 10.9 Å². The smallest absolute Gasteiger partial charge is 0.244 e. The first-order valence-corrected chi connectivity index (χ1v) is 8.35. The first-order valence-electron chi connectivity index (χ1n) is 6.12. The molecular weight excluding hydrogens is 334 g/mol. The van der Waals surface area contributed by atoms with Gasteiger partial charge in [0, 0.05) is 18.7 Å². The third-order valence-corrected chi connectivity index (χ3v) is 5.97. The third-order valence-electron chi connectivity index (χ3n) is 3.39. The predicted octanol–water partition coefficient (Wildman–Crippen LogP) is 0.470. The molecule has 1 aromatic carbocycles. The maximum Gasteiger partial charge on any atom is 0.244 e. The molecule has 1 unspecified atom stereocenters. The van der Waals surface area contributed by atoms with Crippen LogP contribution in [0.5, 0.6) is 0 Å². The molecule has 1 fully saturated rings. The van der Waals surface area contributed by atoms with Crippen LogP contribution < -0.4 is 11.5 Å². The lowest BCUT2D eigenvalue weighted by atomic mass is 10.1. The summed E-state index contributed by atoms with van der Waals surface area (Å²) in [5.41, 5.74) is 11.1. The van der Waals surface area contributed by atoms with Crippen molar-refractivity contribution in [2.75, 3.05) is 13.1 Å². The zero-order valence-corrected chi connectivity index (χ0v) is 13.3. The quantitative estimate of drug-likeness (QED) is 0.770. The van der Waals surface area contributed by atoms with Crippen LogP contribution >= 0.6 is 23.8 Å². The van der Waals surface area contributed by atoms with Crippen molar-refractivity contribution in [1.82, 2.24) is 4.31 Å². The van der Waals surface area contributed by atoms with Crippen LogP contribution in [-0.4, -0.2) is 36.7 Å². The molecule has 0 aromatic heterocycles. The van der Waals surface area contributed by atoms with Crippen LogP contribution in [0.1, 0.15) is 12.0 Å². The van der Waals surface area contributed by atoms with E-state index in [1.54, 1.807) is 6.07 Å². The summed E-state index contributed by atoms with van der Waals surface area (Å²) in [6, 6.07) is 4.34. The number of amides is 1. The van der Waals surface area contributed by atoms with E-state index in [0.717, 1.165) is 0 Å². The molecule has 1 atom stereocenters. The van der Waals surface area contributed by atoms with E-state index >= 15 is 0 Å². The van der Waals surface area contributed by atoms with E-state index in [0.29, 0.717) is 12.0 Å². The van der Waals surface area contributed by atoms with Crippen LogP contribution in [0.25, 0.3) is 0 Å². The van der Waals surface area contributed by atoms with Crippen molar-refractivity contribution < 1.29 is 13.2 Å². The van der Waals surface area contributed by atoms with Crippen LogP contribution in [0.15, 0.2) is 23.1 Å². The van der Waals surface area contributed by atoms with Gasteiger partial charge in [0.1, 0.15) is 9.88 Å². The fourth-order valence-electron chi connectivity index (χ4n) is 2.17. The average Bonchev–Trinajstić information content (AvgIpc) is 2.89. The molecule has 0 saturated carbocycles. The first-order chi connectivity index (χ1) is 9.73. The topological polar surface area (TPSA) is 106 Å². The Labute approximate surface area is 133 Å². The lowest BCUT2D eigenvalue weighted by molar-refractivity contribution is -0.121. The normalized spacial score (nSPS) is 19.6. The van der Waals surface area contributed by atoms with Crippen LogP contribution in [0.2, 0.25) is 5.02 Å². The van der Waals surface area contributed by atoms with Gasteiger partial charge in [-0.25, -0.2) is 8.42 Å². The minimum absolute atomic E-state index is 0.0608. The summed E-state index contributed by atoms with van der Waals surface area (Å²) in [5.74, 6) is -0.979. The SMILES string of the molecule is NC(=O)C1CCN(S(=O)(=O)c2cc(C(N)=S)ccc2Cl)C1. The molecule has 1 aliphatic rings. The molecule has 9 heteroatoms. The summed E-state index contributed by atoms with van der Waals surface area (Å²) in [4.78, 5) is 11.2. The third kappa shape index (κ3) is 3.18. The van der Waals surface area contributed by atoms with Crippen molar-refractivity contribution in [3.63, 3.8) is 0 Å².